The molecule has 0 aliphatic carbocycles. The van der Waals surface area contributed by atoms with Crippen LogP contribution in [0.15, 0.2) is 70.3 Å². The summed E-state index contributed by atoms with van der Waals surface area (Å²) in [6.07, 6.45) is -0.114. The molecule has 2 atom stereocenters. The van der Waals surface area contributed by atoms with Gasteiger partial charge in [0.05, 0.1) is 27.2 Å². The lowest BCUT2D eigenvalue weighted by molar-refractivity contribution is -0.139. The Hall–Kier alpha value is -4.61. The molecule has 208 valence electrons. The first-order valence-corrected chi connectivity index (χ1v) is 12.6. The van der Waals surface area contributed by atoms with Crippen molar-refractivity contribution in [3.63, 3.8) is 0 Å². The molecule has 5 N–H and O–H groups in total. The predicted molar refractivity (Wildman–Crippen MR) is 150 cm³/mol. The molecule has 1 aromatic heterocycles. The van der Waals surface area contributed by atoms with E-state index in [0.29, 0.717) is 16.8 Å². The van der Waals surface area contributed by atoms with E-state index in [1.165, 1.54) is 34.9 Å². The van der Waals surface area contributed by atoms with Gasteiger partial charge in [-0.1, -0.05) is 29.8 Å². The molecule has 4 aromatic rings. The number of aromatic hydroxyl groups is 1. The van der Waals surface area contributed by atoms with Crippen LogP contribution in [-0.2, 0) is 18.3 Å². The number of nitrogens with two attached hydrogens (primary N) is 1. The molecule has 0 radical (unpaired) electrons. The van der Waals surface area contributed by atoms with Crippen LogP contribution in [-0.4, -0.2) is 49.9 Å². The summed E-state index contributed by atoms with van der Waals surface area (Å²) in [6.45, 7) is 2.04. The van der Waals surface area contributed by atoms with Gasteiger partial charge in [-0.2, -0.15) is 0 Å². The lowest BCUT2D eigenvalue weighted by Crippen LogP contribution is -2.42. The second-order valence-electron chi connectivity index (χ2n) is 9.32. The molecule has 0 saturated heterocycles. The number of benzene rings is 3. The lowest BCUT2D eigenvalue weighted by atomic mass is 10.0. The van der Waals surface area contributed by atoms with Crippen LogP contribution < -0.4 is 27.0 Å². The number of aryl methyl sites for hydroxylation is 1. The van der Waals surface area contributed by atoms with Crippen LogP contribution in [0.3, 0.4) is 0 Å². The van der Waals surface area contributed by atoms with E-state index in [1.54, 1.807) is 44.3 Å². The average Bonchev–Trinajstić information content (AvgIpc) is 2.91. The highest BCUT2D eigenvalue weighted by molar-refractivity contribution is 6.34. The zero-order valence-corrected chi connectivity index (χ0v) is 22.4. The number of aromatic nitrogens is 2. The van der Waals surface area contributed by atoms with Gasteiger partial charge in [0.25, 0.3) is 11.5 Å². The molecular weight excluding hydrogens is 540 g/mol. The first-order chi connectivity index (χ1) is 19.0. The second kappa shape index (κ2) is 11.6. The summed E-state index contributed by atoms with van der Waals surface area (Å²) in [4.78, 5) is 51.0. The fourth-order valence-corrected chi connectivity index (χ4v) is 4.42. The van der Waals surface area contributed by atoms with E-state index in [9.17, 15) is 29.4 Å². The van der Waals surface area contributed by atoms with Crippen LogP contribution in [0.1, 0.15) is 22.8 Å². The number of ether oxygens (including phenoxy) is 1. The Labute approximate surface area is 233 Å². The number of nitrogens with zero attached hydrogens (tertiary/aromatic N) is 2. The van der Waals surface area contributed by atoms with Crippen LogP contribution >= 0.6 is 11.6 Å². The quantitative estimate of drug-likeness (QED) is 0.239. The third kappa shape index (κ3) is 5.85. The van der Waals surface area contributed by atoms with Crippen molar-refractivity contribution in [1.29, 1.82) is 0 Å². The van der Waals surface area contributed by atoms with Gasteiger partial charge in [-0.05, 0) is 55.0 Å². The Morgan fingerprint density at radius 3 is 2.42 bits per heavy atom. The third-order valence-electron chi connectivity index (χ3n) is 6.21. The van der Waals surface area contributed by atoms with E-state index < -0.39 is 29.2 Å². The zero-order chi connectivity index (χ0) is 29.1. The highest BCUT2D eigenvalue weighted by Gasteiger charge is 2.24. The number of carbonyl (C=O) groups is 2. The molecule has 0 saturated carbocycles. The normalized spacial score (nSPS) is 12.6. The van der Waals surface area contributed by atoms with E-state index in [4.69, 9.17) is 22.1 Å². The predicted octanol–water partition coefficient (Wildman–Crippen LogP) is 2.20. The van der Waals surface area contributed by atoms with E-state index in [1.807, 2.05) is 0 Å². The molecule has 0 bridgehead atoms. The minimum absolute atomic E-state index is 0.0268. The maximum atomic E-state index is 13.4. The number of fused-ring (bicyclic) bond motifs is 1. The van der Waals surface area contributed by atoms with Gasteiger partial charge >= 0.3 is 11.7 Å². The number of aliphatic carboxylic acids is 1. The maximum Gasteiger partial charge on any atom is 0.335 e. The van der Waals surface area contributed by atoms with Crippen LogP contribution in [0, 0.1) is 0 Å². The van der Waals surface area contributed by atoms with Gasteiger partial charge in [-0.25, -0.2) is 14.2 Å². The summed E-state index contributed by atoms with van der Waals surface area (Å²) in [5, 5.41) is 22.3. The molecule has 0 aliphatic heterocycles. The molecule has 11 nitrogen and oxygen atoms in total. The number of nitrogens with one attached hydrogen (secondary N) is 1. The molecule has 12 heteroatoms. The first kappa shape index (κ1) is 28.4. The standard InChI is InChI=1S/C28H27ClN4O7/c1-15(30)14-40-18-10-11-22-19(13-18)26(36)33(28(39)32(22)2)17-8-6-16(7-9-17)12-21(27(37)38)31-25(35)24-20(29)4-3-5-23(24)34/h3-11,13,15,21,34H,12,14,30H2,1-2H3,(H,31,35)(H,37,38). The average molecular weight is 567 g/mol. The molecule has 0 aliphatic rings. The van der Waals surface area contributed by atoms with Crippen LogP contribution in [0.2, 0.25) is 5.02 Å². The Bertz CT molecular complexity index is 1690. The Balaban J connectivity index is 1.62. The summed E-state index contributed by atoms with van der Waals surface area (Å²) in [5.74, 6) is -2.09. The number of amides is 1. The molecule has 1 amide bonds. The zero-order valence-electron chi connectivity index (χ0n) is 21.6. The highest BCUT2D eigenvalue weighted by atomic mass is 35.5. The molecule has 40 heavy (non-hydrogen) atoms. The molecule has 0 fully saturated rings. The number of rotatable bonds is 9. The van der Waals surface area contributed by atoms with Gasteiger partial charge in [0, 0.05) is 19.5 Å². The van der Waals surface area contributed by atoms with E-state index in [2.05, 4.69) is 5.32 Å². The summed E-state index contributed by atoms with van der Waals surface area (Å²) >= 11 is 6.00. The number of carbonyl (C=O) groups excluding carboxylic acids is 1. The van der Waals surface area contributed by atoms with Gasteiger partial charge in [-0.3, -0.25) is 14.2 Å². The van der Waals surface area contributed by atoms with Gasteiger partial charge in [0.15, 0.2) is 0 Å². The molecule has 4 rings (SSSR count). The summed E-state index contributed by atoms with van der Waals surface area (Å²) < 4.78 is 7.99. The Morgan fingerprint density at radius 1 is 1.10 bits per heavy atom. The van der Waals surface area contributed by atoms with Crippen LogP contribution in [0.25, 0.3) is 16.6 Å². The maximum absolute atomic E-state index is 13.4. The number of phenolic OH excluding ortho intramolecular Hbond substituents is 1. The SMILES string of the molecule is CC(N)COc1ccc2c(c1)c(=O)n(-c1ccc(CC(NC(=O)c3c(O)cccc3Cl)C(=O)O)cc1)c(=O)n2C. The number of carboxylic acids is 1. The summed E-state index contributed by atoms with van der Waals surface area (Å²) in [5.41, 5.74) is 5.61. The molecule has 3 aromatic carbocycles. The summed E-state index contributed by atoms with van der Waals surface area (Å²) in [6, 6.07) is 13.6. The molecule has 0 spiro atoms. The van der Waals surface area contributed by atoms with Crippen molar-refractivity contribution in [2.75, 3.05) is 6.61 Å². The van der Waals surface area contributed by atoms with Crippen molar-refractivity contribution in [2.45, 2.75) is 25.4 Å². The van der Waals surface area contributed by atoms with Gasteiger partial charge in [-0.15, -0.1) is 0 Å². The van der Waals surface area contributed by atoms with Crippen molar-refractivity contribution in [3.05, 3.63) is 97.7 Å². The topological polar surface area (TPSA) is 166 Å². The Morgan fingerprint density at radius 2 is 1.80 bits per heavy atom. The Kier molecular flexibility index (Phi) is 8.26. The monoisotopic (exact) mass is 566 g/mol. The van der Waals surface area contributed by atoms with Gasteiger partial charge in [0.2, 0.25) is 0 Å². The van der Waals surface area contributed by atoms with Crippen LogP contribution in [0.5, 0.6) is 11.5 Å². The summed E-state index contributed by atoms with van der Waals surface area (Å²) in [7, 11) is 1.55. The number of hydrogen-bond donors (Lipinski definition) is 4. The minimum Gasteiger partial charge on any atom is -0.507 e. The first-order valence-electron chi connectivity index (χ1n) is 12.2. The number of phenols is 1. The third-order valence-corrected chi connectivity index (χ3v) is 6.53. The molecule has 2 unspecified atom stereocenters. The van der Waals surface area contributed by atoms with Crippen LogP contribution in [0.4, 0.5) is 0 Å². The van der Waals surface area contributed by atoms with Crippen molar-refractivity contribution in [3.8, 4) is 17.2 Å². The van der Waals surface area contributed by atoms with Crippen molar-refractivity contribution in [1.82, 2.24) is 14.5 Å². The fraction of sp³-hybridized carbons (Fsp3) is 0.214. The highest BCUT2D eigenvalue weighted by Crippen LogP contribution is 2.25. The largest absolute Gasteiger partial charge is 0.507 e. The second-order valence-corrected chi connectivity index (χ2v) is 9.73. The number of hydrogen-bond acceptors (Lipinski definition) is 7. The smallest absolute Gasteiger partial charge is 0.335 e. The van der Waals surface area contributed by atoms with Crippen molar-refractivity contribution in [2.24, 2.45) is 12.8 Å². The van der Waals surface area contributed by atoms with Crippen molar-refractivity contribution < 1.29 is 24.5 Å². The molecule has 1 heterocycles. The van der Waals surface area contributed by atoms with E-state index in [-0.39, 0.29) is 46.5 Å². The van der Waals surface area contributed by atoms with Crippen molar-refractivity contribution >= 4 is 34.4 Å². The lowest BCUT2D eigenvalue weighted by Gasteiger charge is -2.16. The van der Waals surface area contributed by atoms with E-state index in [0.717, 1.165) is 4.57 Å². The number of halogens is 1. The fourth-order valence-electron chi connectivity index (χ4n) is 4.17. The number of carboxylic acid groups (broad SMARTS) is 1. The minimum atomic E-state index is -1.35. The molecular formula is C28H27ClN4O7. The van der Waals surface area contributed by atoms with Gasteiger partial charge in [0.1, 0.15) is 24.1 Å². The van der Waals surface area contributed by atoms with Gasteiger partial charge < -0.3 is 26.0 Å². The van der Waals surface area contributed by atoms with E-state index >= 15 is 0 Å².